The van der Waals surface area contributed by atoms with Crippen molar-refractivity contribution in [3.63, 3.8) is 0 Å². The third-order valence-electron chi connectivity index (χ3n) is 5.71. The van der Waals surface area contributed by atoms with Crippen molar-refractivity contribution in [1.82, 2.24) is 14.5 Å². The van der Waals surface area contributed by atoms with Crippen molar-refractivity contribution in [2.24, 2.45) is 0 Å². The van der Waals surface area contributed by atoms with Gasteiger partial charge in [0, 0.05) is 11.0 Å². The number of nitrogens with one attached hydrogen (secondary N) is 1. The Hall–Kier alpha value is -1.96. The summed E-state index contributed by atoms with van der Waals surface area (Å²) in [7, 11) is 0. The van der Waals surface area contributed by atoms with E-state index in [9.17, 15) is 5.11 Å². The van der Waals surface area contributed by atoms with Gasteiger partial charge in [0.25, 0.3) is 0 Å². The van der Waals surface area contributed by atoms with Crippen LogP contribution in [0.5, 0.6) is 0 Å². The van der Waals surface area contributed by atoms with Crippen LogP contribution in [0.25, 0.3) is 21.3 Å². The van der Waals surface area contributed by atoms with Gasteiger partial charge in [0.1, 0.15) is 0 Å². The van der Waals surface area contributed by atoms with Crippen molar-refractivity contribution in [2.75, 3.05) is 5.32 Å². The maximum atomic E-state index is 10.2. The molecule has 0 saturated heterocycles. The summed E-state index contributed by atoms with van der Waals surface area (Å²) in [4.78, 5) is 9.29. The van der Waals surface area contributed by atoms with Crippen molar-refractivity contribution in [3.05, 3.63) is 52.3 Å². The van der Waals surface area contributed by atoms with E-state index >= 15 is 0 Å². The largest absolute Gasteiger partial charge is 0.391 e. The van der Waals surface area contributed by atoms with Gasteiger partial charge in [-0.25, -0.2) is 9.97 Å². The van der Waals surface area contributed by atoms with Crippen molar-refractivity contribution >= 4 is 53.6 Å². The number of aliphatic hydroxyl groups is 1. The molecule has 7 heteroatoms. The smallest absolute Gasteiger partial charge is 0.184 e. The topological polar surface area (TPSA) is 63.0 Å². The maximum absolute atomic E-state index is 10.2. The molecule has 5 nitrogen and oxygen atoms in total. The number of fused-ring (bicyclic) bond motifs is 2. The lowest BCUT2D eigenvalue weighted by Crippen LogP contribution is -2.36. The second-order valence-electron chi connectivity index (χ2n) is 7.89. The van der Waals surface area contributed by atoms with Crippen LogP contribution in [0.2, 0.25) is 0 Å². The zero-order chi connectivity index (χ0) is 20.0. The molecular formula is C22H23BrN4OS. The lowest BCUT2D eigenvalue weighted by Gasteiger charge is -2.27. The first-order valence-corrected chi connectivity index (χ1v) is 11.6. The van der Waals surface area contributed by atoms with Gasteiger partial charge < -0.3 is 15.0 Å². The number of anilines is 1. The predicted octanol–water partition coefficient (Wildman–Crippen LogP) is 5.48. The average Bonchev–Trinajstić information content (AvgIpc) is 3.27. The van der Waals surface area contributed by atoms with Crippen LogP contribution in [0.4, 0.5) is 5.13 Å². The molecular weight excluding hydrogens is 448 g/mol. The Bertz CT molecular complexity index is 1180. The van der Waals surface area contributed by atoms with Crippen molar-refractivity contribution in [2.45, 2.75) is 51.3 Å². The minimum absolute atomic E-state index is 0.114. The van der Waals surface area contributed by atoms with E-state index in [1.54, 1.807) is 11.3 Å². The van der Waals surface area contributed by atoms with Crippen LogP contribution in [0.15, 0.2) is 41.1 Å². The van der Waals surface area contributed by atoms with Crippen molar-refractivity contribution in [1.29, 1.82) is 0 Å². The van der Waals surface area contributed by atoms with E-state index in [0.717, 1.165) is 46.4 Å². The Kier molecular flexibility index (Phi) is 5.05. The van der Waals surface area contributed by atoms with Gasteiger partial charge in [-0.05, 0) is 55.2 Å². The minimum Gasteiger partial charge on any atom is -0.391 e. The first-order chi connectivity index (χ1) is 14.1. The van der Waals surface area contributed by atoms with Crippen LogP contribution in [0, 0.1) is 6.92 Å². The molecule has 4 aromatic rings. The molecule has 0 bridgehead atoms. The molecule has 2 aromatic carbocycles. The van der Waals surface area contributed by atoms with Crippen LogP contribution in [0.3, 0.4) is 0 Å². The van der Waals surface area contributed by atoms with Crippen LogP contribution >= 0.6 is 27.3 Å². The maximum Gasteiger partial charge on any atom is 0.184 e. The van der Waals surface area contributed by atoms with E-state index in [2.05, 4.69) is 68.1 Å². The van der Waals surface area contributed by atoms with Crippen LogP contribution in [0.1, 0.15) is 36.8 Å². The van der Waals surface area contributed by atoms with E-state index in [1.807, 2.05) is 6.33 Å². The van der Waals surface area contributed by atoms with E-state index < -0.39 is 0 Å². The molecule has 2 aromatic heterocycles. The molecule has 0 aliphatic heterocycles. The summed E-state index contributed by atoms with van der Waals surface area (Å²) >= 11 is 5.22. The first kappa shape index (κ1) is 19.0. The molecule has 5 rings (SSSR count). The van der Waals surface area contributed by atoms with Gasteiger partial charge in [-0.1, -0.05) is 46.2 Å². The molecule has 0 spiro atoms. The number of nitrogens with zero attached hydrogens (tertiary/aromatic N) is 3. The highest BCUT2D eigenvalue weighted by Crippen LogP contribution is 2.30. The molecule has 150 valence electrons. The second kappa shape index (κ2) is 7.70. The van der Waals surface area contributed by atoms with E-state index in [-0.39, 0.29) is 12.1 Å². The minimum atomic E-state index is -0.274. The number of thiazole rings is 1. The Balaban J connectivity index is 1.40. The predicted molar refractivity (Wildman–Crippen MR) is 123 cm³/mol. The SMILES string of the molecule is Cc1cc(Br)cc2ncn(Cc3ccc4nc(NC5CCCC[C@H]5O)sc4c3)c12. The summed E-state index contributed by atoms with van der Waals surface area (Å²) in [6.45, 7) is 2.90. The number of hydrogen-bond donors (Lipinski definition) is 2. The first-order valence-electron chi connectivity index (χ1n) is 10.0. The number of rotatable bonds is 4. The quantitative estimate of drug-likeness (QED) is 0.414. The molecule has 29 heavy (non-hydrogen) atoms. The highest BCUT2D eigenvalue weighted by Gasteiger charge is 2.23. The number of hydrogen-bond acceptors (Lipinski definition) is 5. The molecule has 1 aliphatic rings. The van der Waals surface area contributed by atoms with Crippen LogP contribution < -0.4 is 5.32 Å². The van der Waals surface area contributed by atoms with Gasteiger partial charge in [0.2, 0.25) is 0 Å². The monoisotopic (exact) mass is 470 g/mol. The summed E-state index contributed by atoms with van der Waals surface area (Å²) < 4.78 is 4.43. The van der Waals surface area contributed by atoms with Crippen molar-refractivity contribution in [3.8, 4) is 0 Å². The number of aliphatic hydroxyl groups excluding tert-OH is 1. The molecule has 2 N–H and O–H groups in total. The molecule has 1 aliphatic carbocycles. The zero-order valence-electron chi connectivity index (χ0n) is 16.2. The molecule has 2 atom stereocenters. The number of aryl methyl sites for hydroxylation is 1. The summed E-state index contributed by atoms with van der Waals surface area (Å²) in [6.07, 6.45) is 5.80. The Morgan fingerprint density at radius 1 is 1.21 bits per heavy atom. The summed E-state index contributed by atoms with van der Waals surface area (Å²) in [5, 5.41) is 14.6. The standard InChI is InChI=1S/C22H23BrN4OS/c1-13-8-15(23)10-18-21(13)27(12-24-18)11-14-6-7-17-20(9-14)29-22(26-17)25-16-4-2-3-5-19(16)28/h6-10,12,16,19,28H,2-5,11H2,1H3,(H,25,26)/t16?,19-/m1/s1. The molecule has 0 radical (unpaired) electrons. The molecule has 1 unspecified atom stereocenters. The van der Waals surface area contributed by atoms with Gasteiger partial charge in [-0.3, -0.25) is 0 Å². The van der Waals surface area contributed by atoms with E-state index in [1.165, 1.54) is 27.8 Å². The Morgan fingerprint density at radius 3 is 2.93 bits per heavy atom. The Morgan fingerprint density at radius 2 is 2.07 bits per heavy atom. The third kappa shape index (κ3) is 3.79. The van der Waals surface area contributed by atoms with Gasteiger partial charge in [-0.15, -0.1) is 0 Å². The van der Waals surface area contributed by atoms with Crippen LogP contribution in [-0.2, 0) is 6.54 Å². The average molecular weight is 471 g/mol. The van der Waals surface area contributed by atoms with Gasteiger partial charge in [0.05, 0.1) is 39.7 Å². The summed E-state index contributed by atoms with van der Waals surface area (Å²) in [6, 6.07) is 10.7. The fourth-order valence-electron chi connectivity index (χ4n) is 4.26. The number of imidazole rings is 1. The highest BCUT2D eigenvalue weighted by molar-refractivity contribution is 9.10. The van der Waals surface area contributed by atoms with E-state index in [0.29, 0.717) is 0 Å². The lowest BCUT2D eigenvalue weighted by molar-refractivity contribution is 0.116. The van der Waals surface area contributed by atoms with Crippen molar-refractivity contribution < 1.29 is 5.11 Å². The zero-order valence-corrected chi connectivity index (χ0v) is 18.6. The normalized spacial score (nSPS) is 19.8. The number of aromatic nitrogens is 3. The van der Waals surface area contributed by atoms with E-state index in [4.69, 9.17) is 4.98 Å². The van der Waals surface area contributed by atoms with Gasteiger partial charge >= 0.3 is 0 Å². The fourth-order valence-corrected chi connectivity index (χ4v) is 5.81. The molecule has 1 fully saturated rings. The molecule has 2 heterocycles. The molecule has 1 saturated carbocycles. The Labute approximate surface area is 181 Å². The summed E-state index contributed by atoms with van der Waals surface area (Å²) in [5.41, 5.74) is 5.62. The molecule has 0 amide bonds. The second-order valence-corrected chi connectivity index (χ2v) is 9.83. The third-order valence-corrected chi connectivity index (χ3v) is 7.12. The summed E-state index contributed by atoms with van der Waals surface area (Å²) in [5.74, 6) is 0. The van der Waals surface area contributed by atoms with Gasteiger partial charge in [0.15, 0.2) is 5.13 Å². The fraction of sp³-hybridized carbons (Fsp3) is 0.364. The highest BCUT2D eigenvalue weighted by atomic mass is 79.9. The lowest BCUT2D eigenvalue weighted by atomic mass is 9.93. The number of halogens is 1. The van der Waals surface area contributed by atoms with Gasteiger partial charge in [-0.2, -0.15) is 0 Å². The number of benzene rings is 2. The van der Waals surface area contributed by atoms with Crippen LogP contribution in [-0.4, -0.2) is 31.8 Å².